The Hall–Kier alpha value is -3.71. The fourth-order valence-corrected chi connectivity index (χ4v) is 5.04. The predicted octanol–water partition coefficient (Wildman–Crippen LogP) is 5.23. The molecule has 1 aliphatic carbocycles. The van der Waals surface area contributed by atoms with Crippen LogP contribution in [-0.4, -0.2) is 23.9 Å². The molecule has 1 heterocycles. The first-order valence-corrected chi connectivity index (χ1v) is 11.2. The van der Waals surface area contributed by atoms with Crippen LogP contribution in [0.3, 0.4) is 0 Å². The highest BCUT2D eigenvalue weighted by Gasteiger charge is 2.33. The number of nitrogens with one attached hydrogen (secondary N) is 2. The van der Waals surface area contributed by atoms with E-state index in [9.17, 15) is 9.59 Å². The lowest BCUT2D eigenvalue weighted by Crippen LogP contribution is -2.20. The lowest BCUT2D eigenvalue weighted by atomic mass is 10.1. The van der Waals surface area contributed by atoms with Crippen molar-refractivity contribution in [3.63, 3.8) is 0 Å². The van der Waals surface area contributed by atoms with E-state index in [0.717, 1.165) is 39.9 Å². The zero-order chi connectivity index (χ0) is 22.1. The van der Waals surface area contributed by atoms with E-state index in [1.807, 2.05) is 42.5 Å². The minimum Gasteiger partial charge on any atom is -0.497 e. The Kier molecular flexibility index (Phi) is 5.33. The first-order valence-electron chi connectivity index (χ1n) is 10.4. The Morgan fingerprint density at radius 3 is 2.59 bits per heavy atom. The van der Waals surface area contributed by atoms with Crippen molar-refractivity contribution in [2.75, 3.05) is 17.7 Å². The van der Waals surface area contributed by atoms with Crippen molar-refractivity contribution >= 4 is 44.7 Å². The number of thiazole rings is 1. The molecule has 2 N–H and O–H groups in total. The smallest absolute Gasteiger partial charge is 0.257 e. The molecule has 0 fully saturated rings. The third-order valence-electron chi connectivity index (χ3n) is 5.65. The summed E-state index contributed by atoms with van der Waals surface area (Å²) in [4.78, 5) is 31.3. The number of benzene rings is 3. The molecule has 1 atom stereocenters. The minimum atomic E-state index is -0.327. The molecule has 6 nitrogen and oxygen atoms in total. The van der Waals surface area contributed by atoms with Gasteiger partial charge in [-0.05, 0) is 48.6 Å². The van der Waals surface area contributed by atoms with Crippen molar-refractivity contribution in [3.05, 3.63) is 82.9 Å². The highest BCUT2D eigenvalue weighted by molar-refractivity contribution is 7.16. The summed E-state index contributed by atoms with van der Waals surface area (Å²) in [5, 5.41) is 8.53. The Morgan fingerprint density at radius 1 is 1.00 bits per heavy atom. The van der Waals surface area contributed by atoms with Crippen LogP contribution in [0.5, 0.6) is 5.75 Å². The molecule has 1 unspecified atom stereocenters. The van der Waals surface area contributed by atoms with Crippen LogP contribution in [0.15, 0.2) is 66.7 Å². The van der Waals surface area contributed by atoms with Gasteiger partial charge in [0.15, 0.2) is 5.13 Å². The van der Waals surface area contributed by atoms with Crippen LogP contribution in [0.1, 0.15) is 33.3 Å². The van der Waals surface area contributed by atoms with Crippen LogP contribution in [0, 0.1) is 0 Å². The van der Waals surface area contributed by atoms with E-state index >= 15 is 0 Å². The van der Waals surface area contributed by atoms with Gasteiger partial charge in [-0.15, -0.1) is 11.3 Å². The van der Waals surface area contributed by atoms with Crippen molar-refractivity contribution in [2.24, 2.45) is 0 Å². The van der Waals surface area contributed by atoms with Crippen LogP contribution in [0.2, 0.25) is 0 Å². The van der Waals surface area contributed by atoms with Gasteiger partial charge in [-0.1, -0.05) is 36.4 Å². The Bertz CT molecular complexity index is 1310. The summed E-state index contributed by atoms with van der Waals surface area (Å²) in [5.74, 6) is 0.0527. The SMILES string of the molecule is COc1ccc(C(=O)Nc2nc3c(s2)CCC3C(=O)Nc2cccc3ccccc23)cc1. The molecule has 3 aromatic carbocycles. The maximum Gasteiger partial charge on any atom is 0.257 e. The summed E-state index contributed by atoms with van der Waals surface area (Å²) < 4.78 is 5.13. The van der Waals surface area contributed by atoms with Gasteiger partial charge in [0, 0.05) is 21.5 Å². The van der Waals surface area contributed by atoms with Gasteiger partial charge in [0.05, 0.1) is 18.7 Å². The van der Waals surface area contributed by atoms with Crippen molar-refractivity contribution < 1.29 is 14.3 Å². The molecular formula is C25H21N3O3S. The first-order chi connectivity index (χ1) is 15.6. The number of rotatable bonds is 5. The maximum atomic E-state index is 13.1. The summed E-state index contributed by atoms with van der Waals surface area (Å²) in [6.45, 7) is 0. The average molecular weight is 444 g/mol. The van der Waals surface area contributed by atoms with Crippen LogP contribution >= 0.6 is 11.3 Å². The third-order valence-corrected chi connectivity index (χ3v) is 6.70. The predicted molar refractivity (Wildman–Crippen MR) is 127 cm³/mol. The Balaban J connectivity index is 1.31. The van der Waals surface area contributed by atoms with Crippen molar-refractivity contribution in [1.82, 2.24) is 4.98 Å². The normalized spacial score (nSPS) is 14.7. The molecule has 0 saturated heterocycles. The number of hydrogen-bond acceptors (Lipinski definition) is 5. The van der Waals surface area contributed by atoms with E-state index < -0.39 is 0 Å². The van der Waals surface area contributed by atoms with Gasteiger partial charge in [0.1, 0.15) is 5.75 Å². The van der Waals surface area contributed by atoms with E-state index in [-0.39, 0.29) is 17.7 Å². The molecule has 1 aromatic heterocycles. The summed E-state index contributed by atoms with van der Waals surface area (Å²) in [5.41, 5.74) is 2.08. The van der Waals surface area contributed by atoms with Crippen molar-refractivity contribution in [3.8, 4) is 5.75 Å². The third kappa shape index (κ3) is 3.83. The van der Waals surface area contributed by atoms with Gasteiger partial charge in [-0.2, -0.15) is 0 Å². The van der Waals surface area contributed by atoms with Gasteiger partial charge in [-0.25, -0.2) is 4.98 Å². The van der Waals surface area contributed by atoms with E-state index in [0.29, 0.717) is 16.4 Å². The Morgan fingerprint density at radius 2 is 1.78 bits per heavy atom. The first kappa shape index (κ1) is 20.2. The van der Waals surface area contributed by atoms with Gasteiger partial charge in [0.2, 0.25) is 5.91 Å². The van der Waals surface area contributed by atoms with Crippen LogP contribution in [0.4, 0.5) is 10.8 Å². The second-order valence-corrected chi connectivity index (χ2v) is 8.70. The summed E-state index contributed by atoms with van der Waals surface area (Å²) in [6, 6.07) is 20.7. The number of carbonyl (C=O) groups excluding carboxylic acids is 2. The molecule has 2 amide bonds. The molecule has 5 rings (SSSR count). The second-order valence-electron chi connectivity index (χ2n) is 7.62. The number of fused-ring (bicyclic) bond motifs is 2. The van der Waals surface area contributed by atoms with Gasteiger partial charge in [-0.3, -0.25) is 14.9 Å². The molecule has 0 saturated carbocycles. The van der Waals surface area contributed by atoms with E-state index in [2.05, 4.69) is 15.6 Å². The molecule has 4 aromatic rings. The zero-order valence-corrected chi connectivity index (χ0v) is 18.2. The number of anilines is 2. The largest absolute Gasteiger partial charge is 0.497 e. The van der Waals surface area contributed by atoms with Crippen molar-refractivity contribution in [1.29, 1.82) is 0 Å². The number of aryl methyl sites for hydroxylation is 1. The number of amides is 2. The standard InChI is InChI=1S/C25H21N3O3S/c1-31-17-11-9-16(10-12-17)23(29)28-25-27-22-19(13-14-21(22)32-25)24(30)26-20-8-4-6-15-5-2-3-7-18(15)20/h2-12,19H,13-14H2,1H3,(H,26,30)(H,27,28,29). The number of ether oxygens (including phenoxy) is 1. The molecule has 7 heteroatoms. The number of aromatic nitrogens is 1. The number of nitrogens with zero attached hydrogens (tertiary/aromatic N) is 1. The minimum absolute atomic E-state index is 0.0709. The molecule has 0 spiro atoms. The number of carbonyl (C=O) groups is 2. The molecule has 0 radical (unpaired) electrons. The summed E-state index contributed by atoms with van der Waals surface area (Å²) >= 11 is 1.43. The van der Waals surface area contributed by atoms with E-state index in [1.165, 1.54) is 11.3 Å². The van der Waals surface area contributed by atoms with Crippen LogP contribution in [0.25, 0.3) is 10.8 Å². The monoisotopic (exact) mass is 443 g/mol. The average Bonchev–Trinajstić information content (AvgIpc) is 3.39. The van der Waals surface area contributed by atoms with E-state index in [4.69, 9.17) is 4.74 Å². The highest BCUT2D eigenvalue weighted by Crippen LogP contribution is 2.39. The summed E-state index contributed by atoms with van der Waals surface area (Å²) in [6.07, 6.45) is 1.50. The van der Waals surface area contributed by atoms with Crippen LogP contribution in [-0.2, 0) is 11.2 Å². The topological polar surface area (TPSA) is 80.3 Å². The van der Waals surface area contributed by atoms with E-state index in [1.54, 1.807) is 31.4 Å². The lowest BCUT2D eigenvalue weighted by molar-refractivity contribution is -0.117. The second kappa shape index (κ2) is 8.43. The quantitative estimate of drug-likeness (QED) is 0.443. The van der Waals surface area contributed by atoms with Gasteiger partial charge < -0.3 is 10.1 Å². The molecule has 160 valence electrons. The Labute approximate surface area is 189 Å². The molecule has 1 aliphatic rings. The van der Waals surface area contributed by atoms with Gasteiger partial charge >= 0.3 is 0 Å². The molecule has 32 heavy (non-hydrogen) atoms. The fraction of sp³-hybridized carbons (Fsp3) is 0.160. The van der Waals surface area contributed by atoms with Crippen LogP contribution < -0.4 is 15.4 Å². The molecular weight excluding hydrogens is 422 g/mol. The van der Waals surface area contributed by atoms with Gasteiger partial charge in [0.25, 0.3) is 5.91 Å². The fourth-order valence-electron chi connectivity index (χ4n) is 4.00. The lowest BCUT2D eigenvalue weighted by Gasteiger charge is -2.13. The van der Waals surface area contributed by atoms with Crippen molar-refractivity contribution in [2.45, 2.75) is 18.8 Å². The highest BCUT2D eigenvalue weighted by atomic mass is 32.1. The molecule has 0 aliphatic heterocycles. The zero-order valence-electron chi connectivity index (χ0n) is 17.4. The number of methoxy groups -OCH3 is 1. The maximum absolute atomic E-state index is 13.1. The number of hydrogen-bond donors (Lipinski definition) is 2. The summed E-state index contributed by atoms with van der Waals surface area (Å²) in [7, 11) is 1.58. The molecule has 0 bridgehead atoms.